The summed E-state index contributed by atoms with van der Waals surface area (Å²) < 4.78 is 12.5. The molecule has 30 heavy (non-hydrogen) atoms. The second-order valence-corrected chi connectivity index (χ2v) is 7.04. The number of rotatable bonds is 6. The van der Waals surface area contributed by atoms with E-state index in [1.54, 1.807) is 17.9 Å². The Balaban J connectivity index is 1.65. The van der Waals surface area contributed by atoms with E-state index in [1.165, 1.54) is 11.8 Å². The van der Waals surface area contributed by atoms with Crippen molar-refractivity contribution in [3.63, 3.8) is 0 Å². The number of aryl methyl sites for hydroxylation is 3. The first-order valence-corrected chi connectivity index (χ1v) is 9.72. The predicted octanol–water partition coefficient (Wildman–Crippen LogP) is 4.03. The fourth-order valence-corrected chi connectivity index (χ4v) is 3.35. The maximum atomic E-state index is 12.5. The summed E-state index contributed by atoms with van der Waals surface area (Å²) in [7, 11) is 1.82. The molecule has 154 valence electrons. The van der Waals surface area contributed by atoms with E-state index >= 15 is 0 Å². The van der Waals surface area contributed by atoms with Crippen LogP contribution >= 0.6 is 0 Å². The van der Waals surface area contributed by atoms with Crippen molar-refractivity contribution in [1.82, 2.24) is 19.7 Å². The van der Waals surface area contributed by atoms with Gasteiger partial charge in [0.2, 0.25) is 5.89 Å². The van der Waals surface area contributed by atoms with Gasteiger partial charge in [0.05, 0.1) is 35.6 Å². The van der Waals surface area contributed by atoms with Crippen LogP contribution in [0.4, 0.5) is 5.69 Å². The molecule has 1 N–H and O–H groups in total. The Labute approximate surface area is 173 Å². The molecule has 0 aliphatic heterocycles. The zero-order valence-corrected chi connectivity index (χ0v) is 17.4. The lowest BCUT2D eigenvalue weighted by molar-refractivity contribution is 0.0527. The molecule has 0 spiro atoms. The number of anilines is 1. The molecule has 0 bridgehead atoms. The number of aromatic nitrogens is 4. The molecule has 0 aliphatic rings. The van der Waals surface area contributed by atoms with Gasteiger partial charge in [-0.15, -0.1) is 0 Å². The summed E-state index contributed by atoms with van der Waals surface area (Å²) in [4.78, 5) is 21.5. The highest BCUT2D eigenvalue weighted by Crippen LogP contribution is 2.30. The number of pyridine rings is 1. The predicted molar refractivity (Wildman–Crippen MR) is 113 cm³/mol. The zero-order chi connectivity index (χ0) is 21.3. The average Bonchev–Trinajstić information content (AvgIpc) is 3.31. The molecular formula is C22H23N5O3. The van der Waals surface area contributed by atoms with Gasteiger partial charge in [0.25, 0.3) is 0 Å². The van der Waals surface area contributed by atoms with Gasteiger partial charge >= 0.3 is 5.97 Å². The van der Waals surface area contributed by atoms with E-state index < -0.39 is 5.97 Å². The summed E-state index contributed by atoms with van der Waals surface area (Å²) in [6.45, 7) is 6.34. The van der Waals surface area contributed by atoms with Gasteiger partial charge < -0.3 is 14.5 Å². The summed E-state index contributed by atoms with van der Waals surface area (Å²) in [5, 5.41) is 8.54. The SMILES string of the molecule is CCOC(=O)c1cnc2c(c(C)nn2C)c1NCc1coc(-c2ccc(C)cc2)n1. The van der Waals surface area contributed by atoms with Crippen LogP contribution in [0.5, 0.6) is 0 Å². The van der Waals surface area contributed by atoms with Crippen molar-refractivity contribution in [3.8, 4) is 11.5 Å². The van der Waals surface area contributed by atoms with Crippen LogP contribution in [0.25, 0.3) is 22.5 Å². The number of ether oxygens (including phenoxy) is 1. The standard InChI is InChI=1S/C22H23N5O3/c1-5-29-22(28)17-11-24-20-18(14(3)26-27(20)4)19(17)23-10-16-12-30-21(25-16)15-8-6-13(2)7-9-15/h6-9,11-12H,5,10H2,1-4H3,(H,23,24). The molecule has 0 saturated carbocycles. The largest absolute Gasteiger partial charge is 0.462 e. The van der Waals surface area contributed by atoms with Crippen LogP contribution in [0.1, 0.15) is 34.2 Å². The Morgan fingerprint density at radius 2 is 2.00 bits per heavy atom. The summed E-state index contributed by atoms with van der Waals surface area (Å²) in [6.07, 6.45) is 3.13. The molecule has 0 unspecified atom stereocenters. The number of benzene rings is 1. The van der Waals surface area contributed by atoms with Crippen molar-refractivity contribution in [2.75, 3.05) is 11.9 Å². The second kappa shape index (κ2) is 7.98. The third-order valence-electron chi connectivity index (χ3n) is 4.82. The summed E-state index contributed by atoms with van der Waals surface area (Å²) in [5.74, 6) is 0.119. The van der Waals surface area contributed by atoms with Gasteiger partial charge in [-0.25, -0.2) is 14.8 Å². The van der Waals surface area contributed by atoms with Gasteiger partial charge in [0.1, 0.15) is 11.8 Å². The number of hydrogen-bond donors (Lipinski definition) is 1. The van der Waals surface area contributed by atoms with Gasteiger partial charge in [-0.1, -0.05) is 17.7 Å². The Morgan fingerprint density at radius 1 is 1.23 bits per heavy atom. The van der Waals surface area contributed by atoms with Gasteiger partial charge in [-0.05, 0) is 32.9 Å². The quantitative estimate of drug-likeness (QED) is 0.484. The monoisotopic (exact) mass is 405 g/mol. The number of oxazole rings is 1. The number of nitrogens with one attached hydrogen (secondary N) is 1. The normalized spacial score (nSPS) is 11.1. The van der Waals surface area contributed by atoms with Crippen LogP contribution in [0.3, 0.4) is 0 Å². The molecule has 4 aromatic rings. The van der Waals surface area contributed by atoms with Gasteiger partial charge in [0.15, 0.2) is 5.65 Å². The molecule has 3 heterocycles. The minimum absolute atomic E-state index is 0.283. The number of carbonyl (C=O) groups is 1. The summed E-state index contributed by atoms with van der Waals surface area (Å²) in [6, 6.07) is 7.98. The number of esters is 1. The second-order valence-electron chi connectivity index (χ2n) is 7.04. The fourth-order valence-electron chi connectivity index (χ4n) is 3.35. The van der Waals surface area contributed by atoms with Crippen LogP contribution in [0.15, 0.2) is 41.1 Å². The third-order valence-corrected chi connectivity index (χ3v) is 4.82. The van der Waals surface area contributed by atoms with E-state index in [2.05, 4.69) is 20.4 Å². The molecule has 0 atom stereocenters. The molecule has 1 aromatic carbocycles. The van der Waals surface area contributed by atoms with Crippen molar-refractivity contribution in [3.05, 3.63) is 59.2 Å². The van der Waals surface area contributed by atoms with Gasteiger partial charge in [0, 0.05) is 18.8 Å². The first-order valence-electron chi connectivity index (χ1n) is 9.72. The molecule has 4 rings (SSSR count). The smallest absolute Gasteiger partial charge is 0.341 e. The number of carbonyl (C=O) groups excluding carboxylic acids is 1. The lowest BCUT2D eigenvalue weighted by atomic mass is 10.1. The zero-order valence-electron chi connectivity index (χ0n) is 17.4. The van der Waals surface area contributed by atoms with Crippen molar-refractivity contribution in [2.45, 2.75) is 27.3 Å². The number of hydrogen-bond acceptors (Lipinski definition) is 7. The summed E-state index contributed by atoms with van der Waals surface area (Å²) >= 11 is 0. The Kier molecular flexibility index (Phi) is 5.22. The molecule has 0 saturated heterocycles. The van der Waals surface area contributed by atoms with Gasteiger partial charge in [-0.2, -0.15) is 5.10 Å². The van der Waals surface area contributed by atoms with E-state index in [1.807, 2.05) is 45.2 Å². The maximum Gasteiger partial charge on any atom is 0.341 e. The summed E-state index contributed by atoms with van der Waals surface area (Å²) in [5.41, 5.74) is 5.25. The Bertz CT molecular complexity index is 1210. The maximum absolute atomic E-state index is 12.5. The van der Waals surface area contributed by atoms with E-state index in [4.69, 9.17) is 9.15 Å². The molecule has 0 fully saturated rings. The number of nitrogens with zero attached hydrogens (tertiary/aromatic N) is 4. The first-order chi connectivity index (χ1) is 14.5. The molecule has 0 radical (unpaired) electrons. The molecular weight excluding hydrogens is 382 g/mol. The lowest BCUT2D eigenvalue weighted by Gasteiger charge is -2.12. The average molecular weight is 405 g/mol. The highest BCUT2D eigenvalue weighted by molar-refractivity contribution is 6.05. The van der Waals surface area contributed by atoms with Crippen LogP contribution < -0.4 is 5.32 Å². The molecule has 0 amide bonds. The molecule has 8 nitrogen and oxygen atoms in total. The van der Waals surface area contributed by atoms with E-state index in [0.29, 0.717) is 35.0 Å². The van der Waals surface area contributed by atoms with Gasteiger partial charge in [-0.3, -0.25) is 4.68 Å². The van der Waals surface area contributed by atoms with Crippen LogP contribution in [-0.2, 0) is 18.3 Å². The van der Waals surface area contributed by atoms with E-state index in [9.17, 15) is 4.79 Å². The minimum atomic E-state index is -0.432. The highest BCUT2D eigenvalue weighted by atomic mass is 16.5. The third kappa shape index (κ3) is 3.63. The number of fused-ring (bicyclic) bond motifs is 1. The van der Waals surface area contributed by atoms with Crippen molar-refractivity contribution < 1.29 is 13.9 Å². The molecule has 3 aromatic heterocycles. The van der Waals surface area contributed by atoms with Crippen molar-refractivity contribution in [2.24, 2.45) is 7.05 Å². The molecule has 0 aliphatic carbocycles. The highest BCUT2D eigenvalue weighted by Gasteiger charge is 2.21. The van der Waals surface area contributed by atoms with Crippen LogP contribution in [0.2, 0.25) is 0 Å². The lowest BCUT2D eigenvalue weighted by Crippen LogP contribution is -2.11. The van der Waals surface area contributed by atoms with Crippen molar-refractivity contribution in [1.29, 1.82) is 0 Å². The Hall–Kier alpha value is -3.68. The Morgan fingerprint density at radius 3 is 2.73 bits per heavy atom. The first kappa shape index (κ1) is 19.6. The fraction of sp³-hybridized carbons (Fsp3) is 0.273. The van der Waals surface area contributed by atoms with E-state index in [0.717, 1.165) is 16.6 Å². The topological polar surface area (TPSA) is 95.1 Å². The van der Waals surface area contributed by atoms with Crippen LogP contribution in [-0.4, -0.2) is 32.3 Å². The van der Waals surface area contributed by atoms with E-state index in [-0.39, 0.29) is 6.61 Å². The van der Waals surface area contributed by atoms with Crippen molar-refractivity contribution >= 4 is 22.7 Å². The van der Waals surface area contributed by atoms with Crippen LogP contribution in [0, 0.1) is 13.8 Å². The molecule has 8 heteroatoms. The minimum Gasteiger partial charge on any atom is -0.462 e.